The van der Waals surface area contributed by atoms with Gasteiger partial charge in [0.1, 0.15) is 11.2 Å². The van der Waals surface area contributed by atoms with Crippen LogP contribution in [-0.2, 0) is 6.42 Å². The molecular formula is C15H21N3S. The van der Waals surface area contributed by atoms with Crippen molar-refractivity contribution in [3.63, 3.8) is 0 Å². The minimum atomic E-state index is 0.586. The van der Waals surface area contributed by atoms with E-state index >= 15 is 0 Å². The number of likely N-dealkylation sites (N-methyl/N-ethyl adjacent to an activating group) is 1. The Hall–Kier alpha value is -1.00. The fraction of sp³-hybridized carbons (Fsp3) is 0.600. The normalized spacial score (nSPS) is 17.0. The van der Waals surface area contributed by atoms with E-state index in [-0.39, 0.29) is 0 Å². The molecule has 0 amide bonds. The molecule has 1 aliphatic carbocycles. The second-order valence-corrected chi connectivity index (χ2v) is 6.69. The van der Waals surface area contributed by atoms with Crippen LogP contribution in [-0.4, -0.2) is 22.6 Å². The molecule has 0 spiro atoms. The molecule has 1 saturated carbocycles. The summed E-state index contributed by atoms with van der Waals surface area (Å²) in [5.74, 6) is 0.852. The van der Waals surface area contributed by atoms with Crippen molar-refractivity contribution < 1.29 is 0 Å². The summed E-state index contributed by atoms with van der Waals surface area (Å²) >= 11 is 1.79. The molecule has 102 valence electrons. The van der Waals surface area contributed by atoms with Crippen LogP contribution in [0.5, 0.6) is 0 Å². The van der Waals surface area contributed by atoms with Crippen LogP contribution in [0.2, 0.25) is 0 Å². The van der Waals surface area contributed by atoms with Crippen LogP contribution < -0.4 is 5.32 Å². The molecule has 0 aromatic carbocycles. The van der Waals surface area contributed by atoms with E-state index in [0.717, 1.165) is 23.7 Å². The molecule has 0 aliphatic heterocycles. The third kappa shape index (κ3) is 2.51. The molecule has 1 unspecified atom stereocenters. The maximum absolute atomic E-state index is 4.57. The predicted molar refractivity (Wildman–Crippen MR) is 80.8 cm³/mol. The number of nitrogens with one attached hydrogen (secondary N) is 1. The molecular weight excluding hydrogens is 254 g/mol. The van der Waals surface area contributed by atoms with Crippen LogP contribution in [0.15, 0.2) is 6.33 Å². The molecule has 2 aromatic rings. The largest absolute Gasteiger partial charge is 0.314 e. The Bertz CT molecular complexity index is 586. The Morgan fingerprint density at radius 1 is 1.37 bits per heavy atom. The molecule has 0 radical (unpaired) electrons. The number of fused-ring (bicyclic) bond motifs is 1. The first-order valence-electron chi connectivity index (χ1n) is 7.13. The van der Waals surface area contributed by atoms with Gasteiger partial charge < -0.3 is 5.32 Å². The number of hydrogen-bond acceptors (Lipinski definition) is 4. The highest BCUT2D eigenvalue weighted by atomic mass is 32.1. The van der Waals surface area contributed by atoms with Crippen molar-refractivity contribution in [3.8, 4) is 0 Å². The van der Waals surface area contributed by atoms with Crippen LogP contribution in [0.4, 0.5) is 0 Å². The lowest BCUT2D eigenvalue weighted by Gasteiger charge is -2.17. The Labute approximate surface area is 118 Å². The third-order valence-electron chi connectivity index (χ3n) is 4.11. The maximum Gasteiger partial charge on any atom is 0.127 e. The summed E-state index contributed by atoms with van der Waals surface area (Å²) in [4.78, 5) is 11.5. The van der Waals surface area contributed by atoms with Crippen molar-refractivity contribution in [2.75, 3.05) is 6.54 Å². The topological polar surface area (TPSA) is 37.8 Å². The fourth-order valence-electron chi connectivity index (χ4n) is 2.78. The molecule has 0 saturated heterocycles. The van der Waals surface area contributed by atoms with Gasteiger partial charge >= 0.3 is 0 Å². The van der Waals surface area contributed by atoms with Crippen molar-refractivity contribution >= 4 is 21.6 Å². The number of thiophene rings is 1. The van der Waals surface area contributed by atoms with E-state index in [9.17, 15) is 0 Å². The summed E-state index contributed by atoms with van der Waals surface area (Å²) in [7, 11) is 0. The Kier molecular flexibility index (Phi) is 3.54. The van der Waals surface area contributed by atoms with E-state index < -0.39 is 0 Å². The molecule has 2 aromatic heterocycles. The Morgan fingerprint density at radius 2 is 2.16 bits per heavy atom. The third-order valence-corrected chi connectivity index (χ3v) is 5.23. The minimum Gasteiger partial charge on any atom is -0.314 e. The molecule has 1 fully saturated rings. The first-order chi connectivity index (χ1) is 9.20. The van der Waals surface area contributed by atoms with Gasteiger partial charge in [-0.05, 0) is 44.7 Å². The molecule has 1 N–H and O–H groups in total. The molecule has 4 heteroatoms. The van der Waals surface area contributed by atoms with E-state index in [0.29, 0.717) is 6.04 Å². The van der Waals surface area contributed by atoms with Gasteiger partial charge in [0.2, 0.25) is 0 Å². The van der Waals surface area contributed by atoms with Gasteiger partial charge in [-0.1, -0.05) is 6.92 Å². The molecule has 1 aliphatic rings. The van der Waals surface area contributed by atoms with Crippen LogP contribution in [0.25, 0.3) is 10.2 Å². The second-order valence-electron chi connectivity index (χ2n) is 5.49. The number of rotatable bonds is 5. The lowest BCUT2D eigenvalue weighted by molar-refractivity contribution is 0.469. The molecule has 3 nitrogen and oxygen atoms in total. The Morgan fingerprint density at radius 3 is 2.84 bits per heavy atom. The van der Waals surface area contributed by atoms with E-state index in [1.165, 1.54) is 34.4 Å². The van der Waals surface area contributed by atoms with Gasteiger partial charge in [-0.25, -0.2) is 9.97 Å². The van der Waals surface area contributed by atoms with Crippen molar-refractivity contribution in [2.24, 2.45) is 5.92 Å². The van der Waals surface area contributed by atoms with E-state index in [1.54, 1.807) is 17.7 Å². The van der Waals surface area contributed by atoms with Gasteiger partial charge in [0.15, 0.2) is 0 Å². The minimum absolute atomic E-state index is 0.586. The van der Waals surface area contributed by atoms with E-state index in [1.807, 2.05) is 0 Å². The lowest BCUT2D eigenvalue weighted by Crippen LogP contribution is -2.33. The molecule has 3 rings (SSSR count). The van der Waals surface area contributed by atoms with Crippen LogP contribution in [0, 0.1) is 19.8 Å². The van der Waals surface area contributed by atoms with E-state index in [2.05, 4.69) is 36.1 Å². The summed E-state index contributed by atoms with van der Waals surface area (Å²) < 4.78 is 0. The number of aryl methyl sites for hydroxylation is 2. The zero-order chi connectivity index (χ0) is 13.4. The summed E-state index contributed by atoms with van der Waals surface area (Å²) in [5.41, 5.74) is 2.59. The number of nitrogens with zero attached hydrogens (tertiary/aromatic N) is 2. The van der Waals surface area contributed by atoms with Crippen molar-refractivity contribution in [3.05, 3.63) is 22.5 Å². The smallest absolute Gasteiger partial charge is 0.127 e. The van der Waals surface area contributed by atoms with Crippen molar-refractivity contribution in [2.45, 2.75) is 46.1 Å². The zero-order valence-electron chi connectivity index (χ0n) is 11.9. The first-order valence-corrected chi connectivity index (χ1v) is 7.95. The van der Waals surface area contributed by atoms with Gasteiger partial charge in [0, 0.05) is 22.7 Å². The predicted octanol–water partition coefficient (Wildman–Crippen LogP) is 3.24. The highest BCUT2D eigenvalue weighted by Gasteiger charge is 2.31. The summed E-state index contributed by atoms with van der Waals surface area (Å²) in [6, 6.07) is 0.586. The maximum atomic E-state index is 4.57. The number of hydrogen-bond donors (Lipinski definition) is 1. The standard InChI is InChI=1S/C15H21N3S/c1-4-16-12(11-5-6-11)7-13-14-9(2)10(3)19-15(14)18-8-17-13/h8,11-12,16H,4-7H2,1-3H3. The van der Waals surface area contributed by atoms with Gasteiger partial charge in [-0.2, -0.15) is 0 Å². The molecule has 0 bridgehead atoms. The van der Waals surface area contributed by atoms with Gasteiger partial charge in [0.25, 0.3) is 0 Å². The van der Waals surface area contributed by atoms with Crippen LogP contribution in [0.1, 0.15) is 35.9 Å². The van der Waals surface area contributed by atoms with Crippen LogP contribution >= 0.6 is 11.3 Å². The van der Waals surface area contributed by atoms with Crippen molar-refractivity contribution in [1.82, 2.24) is 15.3 Å². The first kappa shape index (κ1) is 13.0. The average molecular weight is 275 g/mol. The monoisotopic (exact) mass is 275 g/mol. The summed E-state index contributed by atoms with van der Waals surface area (Å²) in [6.07, 6.45) is 5.50. The van der Waals surface area contributed by atoms with Gasteiger partial charge in [0.05, 0.1) is 5.69 Å². The summed E-state index contributed by atoms with van der Waals surface area (Å²) in [6.45, 7) is 7.59. The fourth-order valence-corrected chi connectivity index (χ4v) is 3.80. The SMILES string of the molecule is CCNC(Cc1ncnc2sc(C)c(C)c12)C1CC1. The second kappa shape index (κ2) is 5.17. The van der Waals surface area contributed by atoms with Crippen LogP contribution in [0.3, 0.4) is 0 Å². The Balaban J connectivity index is 1.95. The highest BCUT2D eigenvalue weighted by molar-refractivity contribution is 7.18. The van der Waals surface area contributed by atoms with Gasteiger partial charge in [-0.15, -0.1) is 11.3 Å². The number of aromatic nitrogens is 2. The lowest BCUT2D eigenvalue weighted by atomic mass is 10.0. The zero-order valence-corrected chi connectivity index (χ0v) is 12.7. The van der Waals surface area contributed by atoms with Crippen molar-refractivity contribution in [1.29, 1.82) is 0 Å². The molecule has 1 atom stereocenters. The molecule has 19 heavy (non-hydrogen) atoms. The average Bonchev–Trinajstić information content (AvgIpc) is 3.18. The van der Waals surface area contributed by atoms with Gasteiger partial charge in [-0.3, -0.25) is 0 Å². The van der Waals surface area contributed by atoms with E-state index in [4.69, 9.17) is 0 Å². The summed E-state index contributed by atoms with van der Waals surface area (Å²) in [5, 5.41) is 4.93. The quantitative estimate of drug-likeness (QED) is 0.910. The highest BCUT2D eigenvalue weighted by Crippen LogP contribution is 2.36. The molecule has 2 heterocycles.